The molecule has 1 rings (SSSR count). The van der Waals surface area contributed by atoms with Crippen molar-refractivity contribution in [2.75, 3.05) is 47.5 Å². The fourth-order valence-electron chi connectivity index (χ4n) is 1.86. The standard InChI is InChI=1S/C16H26N4O3.HI/c1-17-16(20-12-15(21)18-10-11-22-2)19-9-8-13-4-6-14(23-3)7-5-13;/h4-7H,8-12H2,1-3H3,(H,18,21)(H2,17,19,20);1H. The minimum absolute atomic E-state index is 0. The predicted octanol–water partition coefficient (Wildman–Crippen LogP) is 0.783. The zero-order chi connectivity index (χ0) is 16.9. The number of halogens is 1. The van der Waals surface area contributed by atoms with Gasteiger partial charge < -0.3 is 25.4 Å². The number of methoxy groups -OCH3 is 2. The normalized spacial score (nSPS) is 10.5. The van der Waals surface area contributed by atoms with E-state index < -0.39 is 0 Å². The predicted molar refractivity (Wildman–Crippen MR) is 106 cm³/mol. The third kappa shape index (κ3) is 9.56. The van der Waals surface area contributed by atoms with Crippen molar-refractivity contribution in [3.8, 4) is 5.75 Å². The second kappa shape index (κ2) is 13.8. The smallest absolute Gasteiger partial charge is 0.239 e. The molecule has 0 saturated heterocycles. The first-order valence-corrected chi connectivity index (χ1v) is 7.52. The van der Waals surface area contributed by atoms with Crippen LogP contribution in [0.1, 0.15) is 5.56 Å². The first-order chi connectivity index (χ1) is 11.2. The minimum Gasteiger partial charge on any atom is -0.497 e. The van der Waals surface area contributed by atoms with E-state index in [1.807, 2.05) is 24.3 Å². The average molecular weight is 450 g/mol. The topological polar surface area (TPSA) is 84.0 Å². The van der Waals surface area contributed by atoms with Crippen molar-refractivity contribution >= 4 is 35.8 Å². The van der Waals surface area contributed by atoms with Crippen molar-refractivity contribution < 1.29 is 14.3 Å². The van der Waals surface area contributed by atoms with Gasteiger partial charge in [-0.1, -0.05) is 12.1 Å². The Morgan fingerprint density at radius 3 is 2.38 bits per heavy atom. The van der Waals surface area contributed by atoms with Crippen LogP contribution in [0.15, 0.2) is 29.3 Å². The summed E-state index contributed by atoms with van der Waals surface area (Å²) in [5.41, 5.74) is 1.20. The lowest BCUT2D eigenvalue weighted by Crippen LogP contribution is -2.44. The van der Waals surface area contributed by atoms with E-state index in [0.717, 1.165) is 18.7 Å². The van der Waals surface area contributed by atoms with Gasteiger partial charge in [-0.05, 0) is 24.1 Å². The van der Waals surface area contributed by atoms with Gasteiger partial charge in [-0.25, -0.2) is 0 Å². The Labute approximate surface area is 160 Å². The molecule has 0 aliphatic heterocycles. The Kier molecular flexibility index (Phi) is 13.0. The summed E-state index contributed by atoms with van der Waals surface area (Å²) in [6.07, 6.45) is 0.852. The van der Waals surface area contributed by atoms with Crippen molar-refractivity contribution in [1.82, 2.24) is 16.0 Å². The van der Waals surface area contributed by atoms with Crippen LogP contribution in [0.3, 0.4) is 0 Å². The maximum absolute atomic E-state index is 11.6. The lowest BCUT2D eigenvalue weighted by Gasteiger charge is -2.12. The summed E-state index contributed by atoms with van der Waals surface area (Å²) >= 11 is 0. The number of hydrogen-bond donors (Lipinski definition) is 3. The van der Waals surface area contributed by atoms with Gasteiger partial charge in [0.25, 0.3) is 0 Å². The highest BCUT2D eigenvalue weighted by Crippen LogP contribution is 2.11. The summed E-state index contributed by atoms with van der Waals surface area (Å²) in [6, 6.07) is 7.93. The van der Waals surface area contributed by atoms with Gasteiger partial charge in [0.15, 0.2) is 5.96 Å². The molecule has 136 valence electrons. The van der Waals surface area contributed by atoms with Crippen LogP contribution in [0, 0.1) is 0 Å². The Morgan fingerprint density at radius 1 is 1.08 bits per heavy atom. The van der Waals surface area contributed by atoms with Crippen LogP contribution in [0.2, 0.25) is 0 Å². The molecule has 1 aromatic carbocycles. The van der Waals surface area contributed by atoms with Gasteiger partial charge in [-0.2, -0.15) is 0 Å². The number of amides is 1. The maximum Gasteiger partial charge on any atom is 0.239 e. The third-order valence-corrected chi connectivity index (χ3v) is 3.13. The van der Waals surface area contributed by atoms with E-state index >= 15 is 0 Å². The van der Waals surface area contributed by atoms with Crippen LogP contribution in [0.5, 0.6) is 5.75 Å². The molecule has 0 fully saturated rings. The molecule has 0 radical (unpaired) electrons. The third-order valence-electron chi connectivity index (χ3n) is 3.13. The largest absolute Gasteiger partial charge is 0.497 e. The molecule has 0 aliphatic rings. The lowest BCUT2D eigenvalue weighted by atomic mass is 10.1. The first kappa shape index (κ1) is 22.4. The summed E-state index contributed by atoms with van der Waals surface area (Å²) in [5, 5.41) is 8.87. The molecule has 0 aromatic heterocycles. The Hall–Kier alpha value is -1.55. The molecule has 0 spiro atoms. The molecule has 0 bridgehead atoms. The summed E-state index contributed by atoms with van der Waals surface area (Å²) in [5.74, 6) is 1.35. The SMILES string of the molecule is CN=C(NCCc1ccc(OC)cc1)NCC(=O)NCCOC.I. The van der Waals surface area contributed by atoms with Gasteiger partial charge >= 0.3 is 0 Å². The Bertz CT molecular complexity index is 495. The molecule has 0 heterocycles. The van der Waals surface area contributed by atoms with Crippen molar-refractivity contribution in [3.05, 3.63) is 29.8 Å². The van der Waals surface area contributed by atoms with E-state index in [4.69, 9.17) is 9.47 Å². The molecule has 7 nitrogen and oxygen atoms in total. The molecular weight excluding hydrogens is 423 g/mol. The molecule has 24 heavy (non-hydrogen) atoms. The molecule has 0 atom stereocenters. The molecule has 1 amide bonds. The van der Waals surface area contributed by atoms with Crippen LogP contribution in [-0.2, 0) is 16.0 Å². The van der Waals surface area contributed by atoms with Gasteiger partial charge in [0.05, 0.1) is 20.3 Å². The molecule has 0 unspecified atom stereocenters. The number of rotatable bonds is 9. The highest BCUT2D eigenvalue weighted by Gasteiger charge is 2.03. The minimum atomic E-state index is -0.0971. The van der Waals surface area contributed by atoms with Crippen molar-refractivity contribution in [3.63, 3.8) is 0 Å². The molecule has 3 N–H and O–H groups in total. The summed E-state index contributed by atoms with van der Waals surface area (Å²) < 4.78 is 10.00. The lowest BCUT2D eigenvalue weighted by molar-refractivity contribution is -0.120. The van der Waals surface area contributed by atoms with E-state index in [0.29, 0.717) is 19.1 Å². The highest BCUT2D eigenvalue weighted by atomic mass is 127. The second-order valence-electron chi connectivity index (χ2n) is 4.79. The number of carbonyl (C=O) groups is 1. The molecule has 8 heteroatoms. The monoisotopic (exact) mass is 450 g/mol. The van der Waals surface area contributed by atoms with Crippen molar-refractivity contribution in [1.29, 1.82) is 0 Å². The fourth-order valence-corrected chi connectivity index (χ4v) is 1.86. The highest BCUT2D eigenvalue weighted by molar-refractivity contribution is 14.0. The molecule has 0 aliphatic carbocycles. The second-order valence-corrected chi connectivity index (χ2v) is 4.79. The molecule has 1 aromatic rings. The van der Waals surface area contributed by atoms with Gasteiger partial charge in [0.1, 0.15) is 5.75 Å². The fraction of sp³-hybridized carbons (Fsp3) is 0.500. The summed E-state index contributed by atoms with van der Waals surface area (Å²) in [4.78, 5) is 15.7. The van der Waals surface area contributed by atoms with Crippen molar-refractivity contribution in [2.45, 2.75) is 6.42 Å². The number of hydrogen-bond acceptors (Lipinski definition) is 4. The van der Waals surface area contributed by atoms with Crippen LogP contribution in [0.4, 0.5) is 0 Å². The zero-order valence-electron chi connectivity index (χ0n) is 14.4. The van der Waals surface area contributed by atoms with Gasteiger partial charge in [-0.15, -0.1) is 24.0 Å². The van der Waals surface area contributed by atoms with Crippen LogP contribution in [0.25, 0.3) is 0 Å². The van der Waals surface area contributed by atoms with Gasteiger partial charge in [-0.3, -0.25) is 9.79 Å². The maximum atomic E-state index is 11.6. The van der Waals surface area contributed by atoms with Crippen LogP contribution < -0.4 is 20.7 Å². The van der Waals surface area contributed by atoms with E-state index in [-0.39, 0.29) is 36.4 Å². The van der Waals surface area contributed by atoms with E-state index in [9.17, 15) is 4.79 Å². The van der Waals surface area contributed by atoms with Crippen molar-refractivity contribution in [2.24, 2.45) is 4.99 Å². The van der Waals surface area contributed by atoms with Crippen LogP contribution >= 0.6 is 24.0 Å². The number of nitrogens with one attached hydrogen (secondary N) is 3. The van der Waals surface area contributed by atoms with Gasteiger partial charge in [0, 0.05) is 27.2 Å². The summed E-state index contributed by atoms with van der Waals surface area (Å²) in [7, 11) is 4.92. The molecule has 0 saturated carbocycles. The number of carbonyl (C=O) groups excluding carboxylic acids is 1. The zero-order valence-corrected chi connectivity index (χ0v) is 16.8. The number of aliphatic imine (C=N–C) groups is 1. The summed E-state index contributed by atoms with van der Waals surface area (Å²) in [6.45, 7) is 1.89. The Morgan fingerprint density at radius 2 is 1.79 bits per heavy atom. The number of guanidine groups is 1. The van der Waals surface area contributed by atoms with E-state index in [1.165, 1.54) is 5.56 Å². The van der Waals surface area contributed by atoms with E-state index in [1.54, 1.807) is 21.3 Å². The van der Waals surface area contributed by atoms with Crippen LogP contribution in [-0.4, -0.2) is 59.4 Å². The first-order valence-electron chi connectivity index (χ1n) is 7.52. The van der Waals surface area contributed by atoms with Gasteiger partial charge in [0.2, 0.25) is 5.91 Å². The number of ether oxygens (including phenoxy) is 2. The molecular formula is C16H27IN4O3. The Balaban J connectivity index is 0.00000529. The average Bonchev–Trinajstić information content (AvgIpc) is 2.58. The van der Waals surface area contributed by atoms with E-state index in [2.05, 4.69) is 20.9 Å². The number of nitrogens with zero attached hydrogens (tertiary/aromatic N) is 1. The quantitative estimate of drug-likeness (QED) is 0.224. The number of benzene rings is 1.